The Morgan fingerprint density at radius 3 is 2.70 bits per heavy atom. The maximum atomic E-state index is 11.0. The van der Waals surface area contributed by atoms with Crippen LogP contribution in [0.15, 0.2) is 15.6 Å². The molecular formula is C10H11BrN4O4S. The molecule has 0 fully saturated rings. The minimum absolute atomic E-state index is 0.0336. The molecule has 0 aliphatic heterocycles. The van der Waals surface area contributed by atoms with E-state index in [1.165, 1.54) is 26.5 Å². The third kappa shape index (κ3) is 3.54. The van der Waals surface area contributed by atoms with Gasteiger partial charge in [-0.1, -0.05) is 0 Å². The molecule has 3 N–H and O–H groups in total. The van der Waals surface area contributed by atoms with Gasteiger partial charge in [0.1, 0.15) is 4.47 Å². The zero-order chi connectivity index (χ0) is 15.3. The van der Waals surface area contributed by atoms with E-state index in [0.29, 0.717) is 11.3 Å². The number of nitrogens with two attached hydrogens (primary N) is 1. The van der Waals surface area contributed by atoms with E-state index in [0.717, 1.165) is 0 Å². The average molecular weight is 363 g/mol. The van der Waals surface area contributed by atoms with Crippen LogP contribution in [0.1, 0.15) is 5.56 Å². The summed E-state index contributed by atoms with van der Waals surface area (Å²) in [7, 11) is 2.79. The van der Waals surface area contributed by atoms with Crippen molar-refractivity contribution < 1.29 is 14.4 Å². The first-order valence-corrected chi connectivity index (χ1v) is 6.29. The predicted molar refractivity (Wildman–Crippen MR) is 81.4 cm³/mol. The lowest BCUT2D eigenvalue weighted by molar-refractivity contribution is -0.385. The van der Waals surface area contributed by atoms with Gasteiger partial charge in [0.2, 0.25) is 0 Å². The van der Waals surface area contributed by atoms with Crippen LogP contribution in [0.4, 0.5) is 5.69 Å². The van der Waals surface area contributed by atoms with Crippen molar-refractivity contribution in [3.8, 4) is 11.5 Å². The highest BCUT2D eigenvalue weighted by Gasteiger charge is 2.23. The van der Waals surface area contributed by atoms with Gasteiger partial charge in [-0.2, -0.15) is 5.10 Å². The van der Waals surface area contributed by atoms with Crippen LogP contribution in [0.3, 0.4) is 0 Å². The van der Waals surface area contributed by atoms with Gasteiger partial charge in [-0.15, -0.1) is 0 Å². The summed E-state index contributed by atoms with van der Waals surface area (Å²) in [6.07, 6.45) is 1.29. The molecule has 0 aromatic heterocycles. The largest absolute Gasteiger partial charge is 0.493 e. The van der Waals surface area contributed by atoms with Crippen LogP contribution in [0.25, 0.3) is 0 Å². The molecule has 20 heavy (non-hydrogen) atoms. The van der Waals surface area contributed by atoms with E-state index in [-0.39, 0.29) is 21.0 Å². The van der Waals surface area contributed by atoms with Gasteiger partial charge in [0.05, 0.1) is 37.0 Å². The summed E-state index contributed by atoms with van der Waals surface area (Å²) in [6, 6.07) is 1.25. The molecule has 8 nitrogen and oxygen atoms in total. The van der Waals surface area contributed by atoms with Crippen LogP contribution in [-0.4, -0.2) is 30.5 Å². The van der Waals surface area contributed by atoms with E-state index >= 15 is 0 Å². The number of hydrazone groups is 1. The molecule has 0 heterocycles. The Kier molecular flexibility index (Phi) is 5.65. The molecule has 0 atom stereocenters. The highest BCUT2D eigenvalue weighted by molar-refractivity contribution is 9.10. The summed E-state index contributed by atoms with van der Waals surface area (Å²) < 4.78 is 10.4. The van der Waals surface area contributed by atoms with Crippen LogP contribution in [0, 0.1) is 10.1 Å². The monoisotopic (exact) mass is 362 g/mol. The third-order valence-electron chi connectivity index (χ3n) is 2.19. The van der Waals surface area contributed by atoms with Gasteiger partial charge in [0, 0.05) is 0 Å². The summed E-state index contributed by atoms with van der Waals surface area (Å²) >= 11 is 7.74. The zero-order valence-electron chi connectivity index (χ0n) is 10.5. The van der Waals surface area contributed by atoms with Crippen molar-refractivity contribution in [1.82, 2.24) is 5.43 Å². The minimum Gasteiger partial charge on any atom is -0.493 e. The quantitative estimate of drug-likeness (QED) is 0.353. The van der Waals surface area contributed by atoms with E-state index in [4.69, 9.17) is 15.2 Å². The van der Waals surface area contributed by atoms with Crippen molar-refractivity contribution in [2.75, 3.05) is 14.2 Å². The zero-order valence-corrected chi connectivity index (χ0v) is 12.9. The van der Waals surface area contributed by atoms with E-state index in [1.54, 1.807) is 0 Å². The molecule has 1 rings (SSSR count). The smallest absolute Gasteiger partial charge is 0.288 e. The van der Waals surface area contributed by atoms with Gasteiger partial charge in [0.15, 0.2) is 16.6 Å². The number of halogens is 1. The number of ether oxygens (including phenoxy) is 2. The number of nitrogens with one attached hydrogen (secondary N) is 1. The number of methoxy groups -OCH3 is 2. The highest BCUT2D eigenvalue weighted by atomic mass is 79.9. The minimum atomic E-state index is -0.551. The number of nitro benzene ring substituents is 1. The molecule has 10 heteroatoms. The van der Waals surface area contributed by atoms with Crippen LogP contribution in [0.5, 0.6) is 11.5 Å². The number of benzene rings is 1. The predicted octanol–water partition coefficient (Wildman–Crippen LogP) is 1.54. The number of hydrogen-bond donors (Lipinski definition) is 2. The van der Waals surface area contributed by atoms with Crippen LogP contribution < -0.4 is 20.6 Å². The van der Waals surface area contributed by atoms with Gasteiger partial charge in [-0.05, 0) is 28.1 Å². The SMILES string of the molecule is COc1cc([N+](=O)[O-])c(Br)c(C=NNC(N)=S)c1OC. The maximum absolute atomic E-state index is 11.0. The number of nitrogens with zero attached hydrogens (tertiary/aromatic N) is 2. The van der Waals surface area contributed by atoms with Crippen molar-refractivity contribution in [2.45, 2.75) is 0 Å². The standard InChI is InChI=1S/C10H11BrN4O4S/c1-18-7-3-6(15(16)17)8(11)5(9(7)19-2)4-13-14-10(12)20/h3-4H,1-2H3,(H3,12,14,20). The number of nitro groups is 1. The molecule has 1 aromatic rings. The van der Waals surface area contributed by atoms with E-state index < -0.39 is 4.92 Å². The van der Waals surface area contributed by atoms with Gasteiger partial charge < -0.3 is 15.2 Å². The van der Waals surface area contributed by atoms with Gasteiger partial charge in [-0.25, -0.2) is 0 Å². The fourth-order valence-electron chi connectivity index (χ4n) is 1.39. The molecule has 1 aromatic carbocycles. The third-order valence-corrected chi connectivity index (χ3v) is 3.11. The van der Waals surface area contributed by atoms with Crippen LogP contribution in [0.2, 0.25) is 0 Å². The van der Waals surface area contributed by atoms with Crippen molar-refractivity contribution in [3.05, 3.63) is 26.2 Å². The Morgan fingerprint density at radius 2 is 2.25 bits per heavy atom. The molecule has 0 bridgehead atoms. The Morgan fingerprint density at radius 1 is 1.60 bits per heavy atom. The summed E-state index contributed by atoms with van der Waals surface area (Å²) in [5, 5.41) is 14.7. The fourth-order valence-corrected chi connectivity index (χ4v) is 1.99. The summed E-state index contributed by atoms with van der Waals surface area (Å²) in [5.74, 6) is 0.498. The first kappa shape index (κ1) is 16.1. The van der Waals surface area contributed by atoms with E-state index in [2.05, 4.69) is 38.7 Å². The number of hydrogen-bond acceptors (Lipinski definition) is 6. The molecule has 0 radical (unpaired) electrons. The average Bonchev–Trinajstić information content (AvgIpc) is 2.39. The lowest BCUT2D eigenvalue weighted by Gasteiger charge is -2.12. The van der Waals surface area contributed by atoms with Crippen molar-refractivity contribution >= 4 is 45.2 Å². The summed E-state index contributed by atoms with van der Waals surface area (Å²) in [4.78, 5) is 10.5. The van der Waals surface area contributed by atoms with Crippen molar-refractivity contribution in [1.29, 1.82) is 0 Å². The summed E-state index contributed by atoms with van der Waals surface area (Å²) in [6.45, 7) is 0. The van der Waals surface area contributed by atoms with Crippen molar-refractivity contribution in [2.24, 2.45) is 10.8 Å². The molecule has 0 spiro atoms. The molecule has 108 valence electrons. The van der Waals surface area contributed by atoms with E-state index in [1.807, 2.05) is 0 Å². The number of thiocarbonyl (C=S) groups is 1. The molecule has 0 aliphatic carbocycles. The molecular weight excluding hydrogens is 352 g/mol. The molecule has 0 saturated heterocycles. The second kappa shape index (κ2) is 7.01. The van der Waals surface area contributed by atoms with E-state index in [9.17, 15) is 10.1 Å². The summed E-state index contributed by atoms with van der Waals surface area (Å²) in [5.41, 5.74) is 7.72. The van der Waals surface area contributed by atoms with Gasteiger partial charge in [-0.3, -0.25) is 15.5 Å². The number of rotatable bonds is 5. The molecule has 0 amide bonds. The normalized spacial score (nSPS) is 10.3. The molecule has 0 aliphatic rings. The van der Waals surface area contributed by atoms with Crippen molar-refractivity contribution in [3.63, 3.8) is 0 Å². The Hall–Kier alpha value is -1.94. The fraction of sp³-hybridized carbons (Fsp3) is 0.200. The lowest BCUT2D eigenvalue weighted by Crippen LogP contribution is -2.24. The molecule has 0 saturated carbocycles. The molecule has 0 unspecified atom stereocenters. The first-order chi connectivity index (χ1) is 9.42. The van der Waals surface area contributed by atoms with Gasteiger partial charge >= 0.3 is 0 Å². The second-order valence-electron chi connectivity index (χ2n) is 3.35. The second-order valence-corrected chi connectivity index (χ2v) is 4.58. The first-order valence-electron chi connectivity index (χ1n) is 5.09. The van der Waals surface area contributed by atoms with Gasteiger partial charge in [0.25, 0.3) is 5.69 Å². The van der Waals surface area contributed by atoms with Crippen LogP contribution >= 0.6 is 28.1 Å². The Bertz CT molecular complexity index is 579. The topological polar surface area (TPSA) is 112 Å². The highest BCUT2D eigenvalue weighted by Crippen LogP contribution is 2.41. The lowest BCUT2D eigenvalue weighted by atomic mass is 10.1. The Labute approximate surface area is 128 Å². The Balaban J connectivity index is 3.44. The maximum Gasteiger partial charge on any atom is 0.288 e. The van der Waals surface area contributed by atoms with Crippen LogP contribution in [-0.2, 0) is 0 Å².